The molecule has 1 atom stereocenters. The molecule has 0 aliphatic heterocycles. The number of methoxy groups -OCH3 is 1. The second-order valence-electron chi connectivity index (χ2n) is 9.12. The van der Waals surface area contributed by atoms with Gasteiger partial charge in [-0.05, 0) is 44.1 Å². The van der Waals surface area contributed by atoms with Crippen LogP contribution in [0.2, 0.25) is 0 Å². The minimum absolute atomic E-state index is 0.0487. The van der Waals surface area contributed by atoms with Gasteiger partial charge in [0.05, 0.1) is 6.61 Å². The van der Waals surface area contributed by atoms with Crippen LogP contribution in [0.4, 0.5) is 0 Å². The first-order valence-corrected chi connectivity index (χ1v) is 13.3. The molecule has 0 bridgehead atoms. The third-order valence-electron chi connectivity index (χ3n) is 6.06. The Bertz CT molecular complexity index is 907. The van der Waals surface area contributed by atoms with Gasteiger partial charge in [-0.2, -0.15) is 0 Å². The lowest BCUT2D eigenvalue weighted by molar-refractivity contribution is -0.154. The number of benzene rings is 2. The molecule has 0 spiro atoms. The van der Waals surface area contributed by atoms with E-state index < -0.39 is 6.10 Å². The van der Waals surface area contributed by atoms with E-state index in [-0.39, 0.29) is 31.8 Å². The lowest BCUT2D eigenvalue weighted by Gasteiger charge is -2.14. The molecule has 2 aromatic rings. The largest absolute Gasteiger partial charge is 0.463 e. The van der Waals surface area contributed by atoms with Crippen LogP contribution in [0.1, 0.15) is 79.3 Å². The molecule has 2 aromatic carbocycles. The zero-order valence-corrected chi connectivity index (χ0v) is 22.1. The SMILES string of the molecule is COCO[C@@H](CO)COC(=O)CCCCCCC/C=C\CCCc1ccc(C(=O)c2ccccc2)cc1. The van der Waals surface area contributed by atoms with Crippen LogP contribution < -0.4 is 0 Å². The molecule has 0 fully saturated rings. The predicted octanol–water partition coefficient (Wildman–Crippen LogP) is 6.05. The summed E-state index contributed by atoms with van der Waals surface area (Å²) in [5, 5.41) is 9.16. The van der Waals surface area contributed by atoms with Crippen molar-refractivity contribution in [1.82, 2.24) is 0 Å². The normalized spacial score (nSPS) is 12.1. The van der Waals surface area contributed by atoms with Crippen molar-refractivity contribution in [2.45, 2.75) is 70.3 Å². The van der Waals surface area contributed by atoms with Crippen molar-refractivity contribution >= 4 is 11.8 Å². The number of hydrogen-bond donors (Lipinski definition) is 1. The number of rotatable bonds is 20. The molecule has 6 heteroatoms. The van der Waals surface area contributed by atoms with E-state index in [9.17, 15) is 9.59 Å². The van der Waals surface area contributed by atoms with E-state index >= 15 is 0 Å². The Morgan fingerprint density at radius 2 is 1.49 bits per heavy atom. The van der Waals surface area contributed by atoms with E-state index in [1.54, 1.807) is 0 Å². The van der Waals surface area contributed by atoms with Gasteiger partial charge in [0, 0.05) is 24.7 Å². The van der Waals surface area contributed by atoms with E-state index in [0.717, 1.165) is 68.9 Å². The lowest BCUT2D eigenvalue weighted by Crippen LogP contribution is -2.26. The van der Waals surface area contributed by atoms with Crippen LogP contribution in [0.25, 0.3) is 0 Å². The summed E-state index contributed by atoms with van der Waals surface area (Å²) in [5.74, 6) is -0.187. The minimum Gasteiger partial charge on any atom is -0.463 e. The quantitative estimate of drug-likeness (QED) is 0.0767. The maximum atomic E-state index is 12.5. The van der Waals surface area contributed by atoms with Crippen molar-refractivity contribution in [3.05, 3.63) is 83.4 Å². The van der Waals surface area contributed by atoms with Gasteiger partial charge in [-0.3, -0.25) is 9.59 Å². The second-order valence-corrected chi connectivity index (χ2v) is 9.12. The number of aliphatic hydroxyl groups excluding tert-OH is 1. The highest BCUT2D eigenvalue weighted by atomic mass is 16.7. The molecule has 0 radical (unpaired) electrons. The van der Waals surface area contributed by atoms with Gasteiger partial charge in [-0.15, -0.1) is 0 Å². The maximum absolute atomic E-state index is 12.5. The van der Waals surface area contributed by atoms with Crippen molar-refractivity contribution in [2.24, 2.45) is 0 Å². The summed E-state index contributed by atoms with van der Waals surface area (Å²) in [4.78, 5) is 24.3. The van der Waals surface area contributed by atoms with E-state index in [1.807, 2.05) is 42.5 Å². The summed E-state index contributed by atoms with van der Waals surface area (Å²) >= 11 is 0. The van der Waals surface area contributed by atoms with Gasteiger partial charge >= 0.3 is 5.97 Å². The summed E-state index contributed by atoms with van der Waals surface area (Å²) < 4.78 is 15.1. The number of carbonyl (C=O) groups excluding carboxylic acids is 2. The molecule has 1 N–H and O–H groups in total. The molecule has 0 aliphatic rings. The van der Waals surface area contributed by atoms with Crippen LogP contribution in [0.15, 0.2) is 66.7 Å². The fraction of sp³-hybridized carbons (Fsp3) is 0.484. The monoisotopic (exact) mass is 510 g/mol. The Labute approximate surface area is 221 Å². The number of aryl methyl sites for hydroxylation is 1. The van der Waals surface area contributed by atoms with Gasteiger partial charge in [0.15, 0.2) is 5.78 Å². The third kappa shape index (κ3) is 13.4. The Morgan fingerprint density at radius 1 is 0.838 bits per heavy atom. The molecule has 0 amide bonds. The first kappa shape index (κ1) is 30.4. The molecule has 0 unspecified atom stereocenters. The molecule has 0 aliphatic carbocycles. The molecular weight excluding hydrogens is 468 g/mol. The third-order valence-corrected chi connectivity index (χ3v) is 6.06. The molecule has 202 valence electrons. The number of carbonyl (C=O) groups is 2. The zero-order valence-electron chi connectivity index (χ0n) is 22.1. The maximum Gasteiger partial charge on any atom is 0.305 e. The number of ether oxygens (including phenoxy) is 3. The number of hydrogen-bond acceptors (Lipinski definition) is 6. The minimum atomic E-state index is -0.541. The number of unbranched alkanes of at least 4 members (excludes halogenated alkanes) is 6. The first-order chi connectivity index (χ1) is 18.1. The highest BCUT2D eigenvalue weighted by molar-refractivity contribution is 6.08. The van der Waals surface area contributed by atoms with Crippen LogP contribution in [0.5, 0.6) is 0 Å². The Kier molecular flexibility index (Phi) is 15.9. The van der Waals surface area contributed by atoms with Crippen molar-refractivity contribution < 1.29 is 28.9 Å². The van der Waals surface area contributed by atoms with Crippen molar-refractivity contribution in [1.29, 1.82) is 0 Å². The second kappa shape index (κ2) is 19.3. The van der Waals surface area contributed by atoms with Crippen LogP contribution >= 0.6 is 0 Å². The fourth-order valence-electron chi connectivity index (χ4n) is 3.88. The van der Waals surface area contributed by atoms with Crippen molar-refractivity contribution in [3.63, 3.8) is 0 Å². The number of ketones is 1. The number of aliphatic hydroxyl groups is 1. The summed E-state index contributed by atoms with van der Waals surface area (Å²) in [7, 11) is 1.50. The standard InChI is InChI=1S/C31H42O6/c1-35-25-37-29(23-32)24-36-30(33)18-14-9-7-5-3-2-4-6-8-11-15-26-19-21-28(22-20-26)31(34)27-16-12-10-13-17-27/h4,6,10,12-13,16-17,19-22,29,32H,2-3,5,7-9,11,14-15,18,23-25H2,1H3/b6-4-/t29-/m0/s1. The molecule has 0 aromatic heterocycles. The van der Waals surface area contributed by atoms with E-state index in [2.05, 4.69) is 24.3 Å². The molecule has 6 nitrogen and oxygen atoms in total. The zero-order chi connectivity index (χ0) is 26.6. The fourth-order valence-corrected chi connectivity index (χ4v) is 3.88. The molecule has 37 heavy (non-hydrogen) atoms. The highest BCUT2D eigenvalue weighted by Crippen LogP contribution is 2.13. The molecule has 0 heterocycles. The van der Waals surface area contributed by atoms with Gasteiger partial charge in [-0.1, -0.05) is 86.0 Å². The van der Waals surface area contributed by atoms with Crippen LogP contribution in [0.3, 0.4) is 0 Å². The summed E-state index contributed by atoms with van der Waals surface area (Å²) in [5.41, 5.74) is 2.71. The average molecular weight is 511 g/mol. The van der Waals surface area contributed by atoms with E-state index in [1.165, 1.54) is 12.7 Å². The topological polar surface area (TPSA) is 82.1 Å². The molecule has 0 saturated carbocycles. The number of allylic oxidation sites excluding steroid dienone is 2. The van der Waals surface area contributed by atoms with Crippen LogP contribution in [-0.2, 0) is 25.4 Å². The summed E-state index contributed by atoms with van der Waals surface area (Å²) in [6.45, 7) is -0.100. The Balaban J connectivity index is 1.45. The highest BCUT2D eigenvalue weighted by Gasteiger charge is 2.11. The molecule has 0 saturated heterocycles. The summed E-state index contributed by atoms with van der Waals surface area (Å²) in [6, 6.07) is 17.3. The average Bonchev–Trinajstić information content (AvgIpc) is 2.94. The predicted molar refractivity (Wildman–Crippen MR) is 146 cm³/mol. The lowest BCUT2D eigenvalue weighted by atomic mass is 10.0. The van der Waals surface area contributed by atoms with Crippen molar-refractivity contribution in [3.8, 4) is 0 Å². The Hall–Kier alpha value is -2.80. The number of esters is 1. The van der Waals surface area contributed by atoms with Gasteiger partial charge < -0.3 is 19.3 Å². The molecule has 2 rings (SSSR count). The van der Waals surface area contributed by atoms with E-state index in [4.69, 9.17) is 19.3 Å². The first-order valence-electron chi connectivity index (χ1n) is 13.3. The van der Waals surface area contributed by atoms with Gasteiger partial charge in [0.2, 0.25) is 0 Å². The summed E-state index contributed by atoms with van der Waals surface area (Å²) in [6.07, 6.45) is 13.9. The van der Waals surface area contributed by atoms with Crippen LogP contribution in [0, 0.1) is 0 Å². The van der Waals surface area contributed by atoms with Crippen molar-refractivity contribution in [2.75, 3.05) is 27.1 Å². The van der Waals surface area contributed by atoms with Gasteiger partial charge in [0.1, 0.15) is 19.5 Å². The molecular formula is C31H42O6. The van der Waals surface area contributed by atoms with Gasteiger partial charge in [-0.25, -0.2) is 0 Å². The van der Waals surface area contributed by atoms with E-state index in [0.29, 0.717) is 6.42 Å². The van der Waals surface area contributed by atoms with Gasteiger partial charge in [0.25, 0.3) is 0 Å². The Morgan fingerprint density at radius 3 is 2.19 bits per heavy atom. The van der Waals surface area contributed by atoms with Crippen LogP contribution in [-0.4, -0.2) is 50.1 Å². The smallest absolute Gasteiger partial charge is 0.305 e.